The first-order valence-electron chi connectivity index (χ1n) is 3.79. The first-order valence-corrected chi connectivity index (χ1v) is 3.79. The second kappa shape index (κ2) is 4.55. The van der Waals surface area contributed by atoms with Crippen LogP contribution in [0.2, 0.25) is 0 Å². The molecule has 1 aromatic carbocycles. The van der Waals surface area contributed by atoms with Gasteiger partial charge in [0.1, 0.15) is 11.6 Å². The molecule has 0 aromatic heterocycles. The highest BCUT2D eigenvalue weighted by atomic mass is 19.1. The van der Waals surface area contributed by atoms with E-state index in [4.69, 9.17) is 5.53 Å². The molecule has 74 valence electrons. The molecule has 1 unspecified atom stereocenters. The van der Waals surface area contributed by atoms with E-state index in [1.165, 1.54) is 0 Å². The third kappa shape index (κ3) is 2.42. The predicted octanol–water partition coefficient (Wildman–Crippen LogP) is 2.31. The van der Waals surface area contributed by atoms with Gasteiger partial charge in [-0.3, -0.25) is 0 Å². The molecule has 0 radical (unpaired) electrons. The summed E-state index contributed by atoms with van der Waals surface area (Å²) in [6.45, 7) is -0.279. The Kier molecular flexibility index (Phi) is 3.39. The van der Waals surface area contributed by atoms with Crippen LogP contribution in [0.5, 0.6) is 0 Å². The maximum Gasteiger partial charge on any atom is 0.131 e. The molecular formula is C8H7F2N3O. The molecule has 1 rings (SSSR count). The largest absolute Gasteiger partial charge is 0.388 e. The molecular weight excluding hydrogens is 192 g/mol. The fourth-order valence-electron chi connectivity index (χ4n) is 0.984. The van der Waals surface area contributed by atoms with Gasteiger partial charge in [0.25, 0.3) is 0 Å². The van der Waals surface area contributed by atoms with E-state index < -0.39 is 17.7 Å². The highest BCUT2D eigenvalue weighted by Gasteiger charge is 2.12. The molecule has 0 bridgehead atoms. The smallest absolute Gasteiger partial charge is 0.131 e. The van der Waals surface area contributed by atoms with E-state index in [1.54, 1.807) is 0 Å². The number of halogens is 2. The molecule has 0 fully saturated rings. The number of hydrogen-bond acceptors (Lipinski definition) is 2. The predicted molar refractivity (Wildman–Crippen MR) is 45.3 cm³/mol. The van der Waals surface area contributed by atoms with Gasteiger partial charge < -0.3 is 5.11 Å². The summed E-state index contributed by atoms with van der Waals surface area (Å²) in [7, 11) is 0. The van der Waals surface area contributed by atoms with E-state index in [-0.39, 0.29) is 12.1 Å². The lowest BCUT2D eigenvalue weighted by Gasteiger charge is -2.08. The number of aliphatic hydroxyl groups excluding tert-OH is 1. The molecule has 6 heteroatoms. The fraction of sp³-hybridized carbons (Fsp3) is 0.250. The maximum absolute atomic E-state index is 13.0. The van der Waals surface area contributed by atoms with E-state index in [2.05, 4.69) is 10.0 Å². The summed E-state index contributed by atoms with van der Waals surface area (Å²) in [5.74, 6) is -1.58. The van der Waals surface area contributed by atoms with Crippen LogP contribution in [0.1, 0.15) is 11.7 Å². The molecule has 4 nitrogen and oxygen atoms in total. The normalized spacial score (nSPS) is 11.9. The van der Waals surface area contributed by atoms with Crippen LogP contribution >= 0.6 is 0 Å². The summed E-state index contributed by atoms with van der Waals surface area (Å²) < 4.78 is 25.5. The van der Waals surface area contributed by atoms with Crippen molar-refractivity contribution in [2.24, 2.45) is 5.11 Å². The minimum atomic E-state index is -1.24. The highest BCUT2D eigenvalue weighted by molar-refractivity contribution is 5.21. The van der Waals surface area contributed by atoms with E-state index in [1.807, 2.05) is 0 Å². The topological polar surface area (TPSA) is 69.0 Å². The van der Waals surface area contributed by atoms with Gasteiger partial charge in [0.05, 0.1) is 12.6 Å². The van der Waals surface area contributed by atoms with Crippen molar-refractivity contribution >= 4 is 0 Å². The van der Waals surface area contributed by atoms with Crippen molar-refractivity contribution in [3.8, 4) is 0 Å². The van der Waals surface area contributed by atoms with Gasteiger partial charge in [-0.05, 0) is 11.6 Å². The third-order valence-corrected chi connectivity index (χ3v) is 1.64. The minimum absolute atomic E-state index is 0.0844. The Balaban J connectivity index is 2.89. The number of azide groups is 1. The van der Waals surface area contributed by atoms with Crippen LogP contribution in [0.3, 0.4) is 0 Å². The van der Waals surface area contributed by atoms with Gasteiger partial charge in [-0.2, -0.15) is 0 Å². The molecule has 1 N–H and O–H groups in total. The number of rotatable bonds is 3. The lowest BCUT2D eigenvalue weighted by Crippen LogP contribution is -2.03. The minimum Gasteiger partial charge on any atom is -0.388 e. The molecule has 1 aromatic rings. The Hall–Kier alpha value is -1.65. The standard InChI is InChI=1S/C8H7F2N3O/c9-5-1-2-6(7(10)3-5)8(14)4-12-13-11/h1-3,8,14H,4H2. The zero-order valence-corrected chi connectivity index (χ0v) is 7.06. The van der Waals surface area contributed by atoms with Gasteiger partial charge in [0, 0.05) is 16.5 Å². The highest BCUT2D eigenvalue weighted by Crippen LogP contribution is 2.18. The molecule has 0 heterocycles. The van der Waals surface area contributed by atoms with Crippen molar-refractivity contribution in [2.75, 3.05) is 6.54 Å². The van der Waals surface area contributed by atoms with Crippen LogP contribution in [0.4, 0.5) is 8.78 Å². The Bertz CT molecular complexity index is 377. The molecule has 14 heavy (non-hydrogen) atoms. The number of benzene rings is 1. The van der Waals surface area contributed by atoms with Crippen LogP contribution in [0.25, 0.3) is 10.4 Å². The third-order valence-electron chi connectivity index (χ3n) is 1.64. The number of aliphatic hydroxyl groups is 1. The summed E-state index contributed by atoms with van der Waals surface area (Å²) in [6, 6.07) is 2.80. The van der Waals surface area contributed by atoms with Gasteiger partial charge in [-0.15, -0.1) is 0 Å². The summed E-state index contributed by atoms with van der Waals surface area (Å²) in [5, 5.41) is 12.4. The maximum atomic E-state index is 13.0. The lowest BCUT2D eigenvalue weighted by atomic mass is 10.1. The molecule has 0 saturated heterocycles. The van der Waals surface area contributed by atoms with Crippen molar-refractivity contribution in [1.29, 1.82) is 0 Å². The zero-order chi connectivity index (χ0) is 10.6. The van der Waals surface area contributed by atoms with Gasteiger partial charge in [-0.1, -0.05) is 11.2 Å². The van der Waals surface area contributed by atoms with E-state index in [9.17, 15) is 13.9 Å². The summed E-state index contributed by atoms with van der Waals surface area (Å²) in [6.07, 6.45) is -1.24. The Morgan fingerprint density at radius 1 is 1.50 bits per heavy atom. The second-order valence-corrected chi connectivity index (χ2v) is 2.60. The molecule has 0 aliphatic heterocycles. The molecule has 0 saturated carbocycles. The van der Waals surface area contributed by atoms with Crippen molar-refractivity contribution in [3.05, 3.63) is 45.8 Å². The summed E-state index contributed by atoms with van der Waals surface area (Å²) in [4.78, 5) is 2.42. The summed E-state index contributed by atoms with van der Waals surface area (Å²) in [5.41, 5.74) is 7.88. The van der Waals surface area contributed by atoms with Gasteiger partial charge in [0.2, 0.25) is 0 Å². The van der Waals surface area contributed by atoms with Crippen molar-refractivity contribution in [2.45, 2.75) is 6.10 Å². The zero-order valence-electron chi connectivity index (χ0n) is 7.06. The van der Waals surface area contributed by atoms with Crippen molar-refractivity contribution in [1.82, 2.24) is 0 Å². The van der Waals surface area contributed by atoms with Crippen LogP contribution in [0.15, 0.2) is 23.3 Å². The molecule has 0 spiro atoms. The van der Waals surface area contributed by atoms with Crippen molar-refractivity contribution < 1.29 is 13.9 Å². The van der Waals surface area contributed by atoms with Crippen LogP contribution in [-0.2, 0) is 0 Å². The SMILES string of the molecule is [N-]=[N+]=NCC(O)c1ccc(F)cc1F. The molecule has 1 atom stereocenters. The van der Waals surface area contributed by atoms with Crippen LogP contribution in [-0.4, -0.2) is 11.7 Å². The van der Waals surface area contributed by atoms with Gasteiger partial charge >= 0.3 is 0 Å². The Labute approximate surface area is 78.4 Å². The first kappa shape index (κ1) is 10.4. The summed E-state index contributed by atoms with van der Waals surface area (Å²) >= 11 is 0. The van der Waals surface area contributed by atoms with E-state index in [0.29, 0.717) is 6.07 Å². The number of nitrogens with zero attached hydrogens (tertiary/aromatic N) is 3. The Morgan fingerprint density at radius 2 is 2.21 bits per heavy atom. The number of hydrogen-bond donors (Lipinski definition) is 1. The van der Waals surface area contributed by atoms with Gasteiger partial charge in [0.15, 0.2) is 0 Å². The monoisotopic (exact) mass is 199 g/mol. The van der Waals surface area contributed by atoms with Crippen molar-refractivity contribution in [3.63, 3.8) is 0 Å². The van der Waals surface area contributed by atoms with Crippen LogP contribution < -0.4 is 0 Å². The first-order chi connectivity index (χ1) is 6.65. The average molecular weight is 199 g/mol. The molecule has 0 aliphatic carbocycles. The average Bonchev–Trinajstić information content (AvgIpc) is 2.14. The van der Waals surface area contributed by atoms with E-state index >= 15 is 0 Å². The quantitative estimate of drug-likeness (QED) is 0.453. The van der Waals surface area contributed by atoms with Crippen LogP contribution in [0, 0.1) is 11.6 Å². The Morgan fingerprint density at radius 3 is 2.79 bits per heavy atom. The molecule has 0 amide bonds. The van der Waals surface area contributed by atoms with E-state index in [0.717, 1.165) is 12.1 Å². The van der Waals surface area contributed by atoms with Gasteiger partial charge in [-0.25, -0.2) is 8.78 Å². The second-order valence-electron chi connectivity index (χ2n) is 2.60. The lowest BCUT2D eigenvalue weighted by molar-refractivity contribution is 0.181. The molecule has 0 aliphatic rings. The fourth-order valence-corrected chi connectivity index (χ4v) is 0.984.